The molecule has 100 valence electrons. The Balaban J connectivity index is 1.70. The zero-order valence-corrected chi connectivity index (χ0v) is 11.7. The van der Waals surface area contributed by atoms with Crippen molar-refractivity contribution < 1.29 is 4.79 Å². The lowest BCUT2D eigenvalue weighted by molar-refractivity contribution is 0.262. The largest absolute Gasteiger partial charge is 0.345 e. The number of rotatable bonds is 2. The molecule has 0 saturated heterocycles. The number of carbonyl (C=O) groups is 1. The first-order valence-corrected chi connectivity index (χ1v) is 6.49. The van der Waals surface area contributed by atoms with Gasteiger partial charge in [0, 0.05) is 18.1 Å². The van der Waals surface area contributed by atoms with Crippen LogP contribution in [-0.4, -0.2) is 26.0 Å². The molecule has 0 aliphatic rings. The number of H-pyrrole nitrogens is 1. The summed E-state index contributed by atoms with van der Waals surface area (Å²) in [6.07, 6.45) is 4.71. The molecule has 8 heteroatoms. The molecule has 3 N–H and O–H groups in total. The molecule has 2 amide bonds. The van der Waals surface area contributed by atoms with Crippen LogP contribution in [0.5, 0.6) is 0 Å². The summed E-state index contributed by atoms with van der Waals surface area (Å²) in [6.45, 7) is 0. The molecule has 1 aromatic carbocycles. The van der Waals surface area contributed by atoms with Gasteiger partial charge >= 0.3 is 6.03 Å². The average Bonchev–Trinajstić information content (AvgIpc) is 2.89. The number of anilines is 2. The Bertz CT molecular complexity index is 754. The van der Waals surface area contributed by atoms with Crippen molar-refractivity contribution in [3.8, 4) is 0 Å². The number of carbonyl (C=O) groups excluding carboxylic acids is 1. The summed E-state index contributed by atoms with van der Waals surface area (Å²) in [5.74, 6) is 0.230. The van der Waals surface area contributed by atoms with E-state index in [-0.39, 0.29) is 5.95 Å². The molecule has 7 nitrogen and oxygen atoms in total. The predicted molar refractivity (Wildman–Crippen MR) is 78.5 cm³/mol. The summed E-state index contributed by atoms with van der Waals surface area (Å²) in [5.41, 5.74) is 2.34. The second kappa shape index (κ2) is 5.25. The number of urea groups is 1. The van der Waals surface area contributed by atoms with Crippen LogP contribution in [-0.2, 0) is 0 Å². The third kappa shape index (κ3) is 2.75. The highest BCUT2D eigenvalue weighted by Crippen LogP contribution is 2.15. The number of hydrogen-bond donors (Lipinski definition) is 3. The summed E-state index contributed by atoms with van der Waals surface area (Å²) < 4.78 is 0.744. The molecule has 0 aliphatic carbocycles. The number of hydrogen-bond acceptors (Lipinski definition) is 4. The smallest absolute Gasteiger partial charge is 0.326 e. The van der Waals surface area contributed by atoms with Crippen molar-refractivity contribution in [3.63, 3.8) is 0 Å². The van der Waals surface area contributed by atoms with Crippen molar-refractivity contribution in [3.05, 3.63) is 41.4 Å². The van der Waals surface area contributed by atoms with Crippen molar-refractivity contribution in [1.82, 2.24) is 19.9 Å². The fourth-order valence-electron chi connectivity index (χ4n) is 1.65. The van der Waals surface area contributed by atoms with Gasteiger partial charge in [-0.25, -0.2) is 19.7 Å². The van der Waals surface area contributed by atoms with Crippen LogP contribution >= 0.6 is 15.9 Å². The molecule has 0 radical (unpaired) electrons. The number of amides is 2. The first kappa shape index (κ1) is 12.5. The van der Waals surface area contributed by atoms with Gasteiger partial charge in [-0.2, -0.15) is 0 Å². The minimum absolute atomic E-state index is 0.230. The lowest BCUT2D eigenvalue weighted by atomic mass is 10.3. The van der Waals surface area contributed by atoms with E-state index in [1.165, 1.54) is 0 Å². The molecular formula is C12H9BrN6O. The van der Waals surface area contributed by atoms with Crippen molar-refractivity contribution in [1.29, 1.82) is 0 Å². The Kier molecular flexibility index (Phi) is 3.30. The molecule has 0 aliphatic heterocycles. The zero-order valence-electron chi connectivity index (χ0n) is 10.1. The number of fused-ring (bicyclic) bond motifs is 1. The van der Waals surface area contributed by atoms with Crippen LogP contribution in [0.15, 0.2) is 41.4 Å². The van der Waals surface area contributed by atoms with Crippen LogP contribution in [0, 0.1) is 0 Å². The van der Waals surface area contributed by atoms with Crippen LogP contribution in [0.25, 0.3) is 11.0 Å². The summed E-state index contributed by atoms with van der Waals surface area (Å²) in [7, 11) is 0. The third-order valence-corrected chi connectivity index (χ3v) is 2.93. The molecular weight excluding hydrogens is 324 g/mol. The molecule has 0 atom stereocenters. The summed E-state index contributed by atoms with van der Waals surface area (Å²) >= 11 is 3.22. The second-order valence-electron chi connectivity index (χ2n) is 3.94. The minimum atomic E-state index is -0.411. The maximum atomic E-state index is 11.8. The van der Waals surface area contributed by atoms with Crippen LogP contribution in [0.2, 0.25) is 0 Å². The Morgan fingerprint density at radius 3 is 2.75 bits per heavy atom. The molecule has 0 saturated carbocycles. The van der Waals surface area contributed by atoms with E-state index in [4.69, 9.17) is 0 Å². The SMILES string of the molecule is O=C(Nc1ccc2nc[nH]c2c1)Nc1ncc(Br)cn1. The van der Waals surface area contributed by atoms with Crippen LogP contribution < -0.4 is 10.6 Å². The van der Waals surface area contributed by atoms with Gasteiger partial charge in [-0.3, -0.25) is 5.32 Å². The van der Waals surface area contributed by atoms with Crippen molar-refractivity contribution in [2.75, 3.05) is 10.6 Å². The van der Waals surface area contributed by atoms with Gasteiger partial charge in [0.05, 0.1) is 21.8 Å². The zero-order chi connectivity index (χ0) is 13.9. The van der Waals surface area contributed by atoms with E-state index < -0.39 is 6.03 Å². The highest BCUT2D eigenvalue weighted by molar-refractivity contribution is 9.10. The van der Waals surface area contributed by atoms with Gasteiger partial charge in [-0.1, -0.05) is 0 Å². The van der Waals surface area contributed by atoms with Crippen molar-refractivity contribution in [2.24, 2.45) is 0 Å². The van der Waals surface area contributed by atoms with Gasteiger partial charge in [0.25, 0.3) is 0 Å². The highest BCUT2D eigenvalue weighted by atomic mass is 79.9. The van der Waals surface area contributed by atoms with E-state index in [9.17, 15) is 4.79 Å². The summed E-state index contributed by atoms with van der Waals surface area (Å²) in [4.78, 5) is 26.8. The number of nitrogens with zero attached hydrogens (tertiary/aromatic N) is 3. The number of aromatic amines is 1. The van der Waals surface area contributed by atoms with Crippen LogP contribution in [0.1, 0.15) is 0 Å². The highest BCUT2D eigenvalue weighted by Gasteiger charge is 2.05. The quantitative estimate of drug-likeness (QED) is 0.672. The minimum Gasteiger partial charge on any atom is -0.345 e. The van der Waals surface area contributed by atoms with Gasteiger partial charge in [-0.15, -0.1) is 0 Å². The summed E-state index contributed by atoms with van der Waals surface area (Å²) in [6, 6.07) is 4.97. The topological polar surface area (TPSA) is 95.6 Å². The molecule has 0 fully saturated rings. The first-order chi connectivity index (χ1) is 9.70. The number of imidazole rings is 1. The fraction of sp³-hybridized carbons (Fsp3) is 0. The van der Waals surface area contributed by atoms with Gasteiger partial charge in [0.15, 0.2) is 0 Å². The average molecular weight is 333 g/mol. The normalized spacial score (nSPS) is 10.4. The standard InChI is InChI=1S/C12H9BrN6O/c13-7-4-14-11(15-5-7)19-12(20)18-8-1-2-9-10(3-8)17-6-16-9/h1-6H,(H,16,17)(H2,14,15,18,19,20). The number of benzene rings is 1. The number of aromatic nitrogens is 4. The van der Waals surface area contributed by atoms with Gasteiger partial charge in [-0.05, 0) is 34.1 Å². The second-order valence-corrected chi connectivity index (χ2v) is 4.85. The maximum absolute atomic E-state index is 11.8. The Morgan fingerprint density at radius 2 is 1.95 bits per heavy atom. The monoisotopic (exact) mass is 332 g/mol. The Hall–Kier alpha value is -2.48. The van der Waals surface area contributed by atoms with E-state index >= 15 is 0 Å². The molecule has 2 heterocycles. The van der Waals surface area contributed by atoms with Gasteiger partial charge in [0.2, 0.25) is 5.95 Å². The number of halogens is 1. The molecule has 20 heavy (non-hydrogen) atoms. The van der Waals surface area contributed by atoms with E-state index in [0.29, 0.717) is 5.69 Å². The Labute approximate surface area is 122 Å². The fourth-order valence-corrected chi connectivity index (χ4v) is 1.86. The number of nitrogens with one attached hydrogen (secondary N) is 3. The van der Waals surface area contributed by atoms with Crippen molar-refractivity contribution in [2.45, 2.75) is 0 Å². The molecule has 0 spiro atoms. The summed E-state index contributed by atoms with van der Waals surface area (Å²) in [5, 5.41) is 5.24. The van der Waals surface area contributed by atoms with Gasteiger partial charge < -0.3 is 10.3 Å². The first-order valence-electron chi connectivity index (χ1n) is 5.69. The molecule has 0 bridgehead atoms. The van der Waals surface area contributed by atoms with E-state index in [1.807, 2.05) is 6.07 Å². The van der Waals surface area contributed by atoms with Crippen molar-refractivity contribution >= 4 is 44.6 Å². The van der Waals surface area contributed by atoms with Crippen LogP contribution in [0.4, 0.5) is 16.4 Å². The Morgan fingerprint density at radius 1 is 1.15 bits per heavy atom. The van der Waals surface area contributed by atoms with Gasteiger partial charge in [0.1, 0.15) is 0 Å². The predicted octanol–water partition coefficient (Wildman–Crippen LogP) is 2.76. The third-order valence-electron chi connectivity index (χ3n) is 2.52. The molecule has 2 aromatic heterocycles. The van der Waals surface area contributed by atoms with E-state index in [0.717, 1.165) is 15.5 Å². The molecule has 3 aromatic rings. The lowest BCUT2D eigenvalue weighted by Gasteiger charge is -2.06. The molecule has 3 rings (SSSR count). The van der Waals surface area contributed by atoms with E-state index in [2.05, 4.69) is 46.5 Å². The van der Waals surface area contributed by atoms with Crippen LogP contribution in [0.3, 0.4) is 0 Å². The molecule has 0 unspecified atom stereocenters. The lowest BCUT2D eigenvalue weighted by Crippen LogP contribution is -2.20. The maximum Gasteiger partial charge on any atom is 0.326 e. The van der Waals surface area contributed by atoms with E-state index in [1.54, 1.807) is 30.9 Å².